The first-order valence-electron chi connectivity index (χ1n) is 9.41. The Balaban J connectivity index is 1.43. The number of hydrogen-bond acceptors (Lipinski definition) is 5. The molecule has 0 unspecified atom stereocenters. The van der Waals surface area contributed by atoms with Crippen molar-refractivity contribution in [1.82, 2.24) is 4.72 Å². The lowest BCUT2D eigenvalue weighted by Gasteiger charge is -2.15. The fourth-order valence-corrected chi connectivity index (χ4v) is 4.64. The average Bonchev–Trinajstić information content (AvgIpc) is 3.21. The SMILES string of the molecule is CC1(C)C(=O)Nc2cc(C(=O)NS(=O)(=O)CCc3ccc4c(c3)CCO4)ccc21. The number of carbonyl (C=O) groups excluding carboxylic acids is 2. The lowest BCUT2D eigenvalue weighted by atomic mass is 9.86. The molecule has 0 saturated carbocycles. The molecule has 2 heterocycles. The lowest BCUT2D eigenvalue weighted by molar-refractivity contribution is -0.119. The van der Waals surface area contributed by atoms with Crippen LogP contribution in [0, 0.1) is 0 Å². The first-order chi connectivity index (χ1) is 13.7. The quantitative estimate of drug-likeness (QED) is 0.781. The molecule has 8 heteroatoms. The number of benzene rings is 2. The molecule has 2 aromatic rings. The number of sulfonamides is 1. The number of anilines is 1. The second-order valence-corrected chi connectivity index (χ2v) is 9.72. The fourth-order valence-electron chi connectivity index (χ4n) is 3.63. The number of rotatable bonds is 5. The molecule has 0 fully saturated rings. The molecule has 29 heavy (non-hydrogen) atoms. The van der Waals surface area contributed by atoms with Crippen LogP contribution in [0.25, 0.3) is 0 Å². The van der Waals surface area contributed by atoms with E-state index in [2.05, 4.69) is 10.0 Å². The monoisotopic (exact) mass is 414 g/mol. The molecule has 4 rings (SSSR count). The fraction of sp³-hybridized carbons (Fsp3) is 0.333. The topological polar surface area (TPSA) is 102 Å². The number of nitrogens with one attached hydrogen (secondary N) is 2. The normalized spacial score (nSPS) is 16.6. The average molecular weight is 414 g/mol. The molecule has 2 aliphatic rings. The van der Waals surface area contributed by atoms with Crippen LogP contribution < -0.4 is 14.8 Å². The van der Waals surface area contributed by atoms with E-state index in [1.807, 2.05) is 18.2 Å². The molecule has 2 aliphatic heterocycles. The minimum absolute atomic E-state index is 0.155. The van der Waals surface area contributed by atoms with Crippen molar-refractivity contribution >= 4 is 27.5 Å². The van der Waals surface area contributed by atoms with Gasteiger partial charge in [-0.05, 0) is 55.2 Å². The maximum absolute atomic E-state index is 12.4. The summed E-state index contributed by atoms with van der Waals surface area (Å²) in [6.07, 6.45) is 1.11. The van der Waals surface area contributed by atoms with Crippen LogP contribution in [0.4, 0.5) is 5.69 Å². The summed E-state index contributed by atoms with van der Waals surface area (Å²) in [5, 5.41) is 2.73. The first kappa shape index (κ1) is 19.4. The van der Waals surface area contributed by atoms with Gasteiger partial charge in [0.15, 0.2) is 0 Å². The van der Waals surface area contributed by atoms with E-state index < -0.39 is 21.3 Å². The number of hydrogen-bond donors (Lipinski definition) is 2. The molecule has 0 saturated heterocycles. The van der Waals surface area contributed by atoms with Crippen LogP contribution in [-0.2, 0) is 33.1 Å². The number of ether oxygens (including phenoxy) is 1. The molecule has 0 atom stereocenters. The largest absolute Gasteiger partial charge is 0.493 e. The third-order valence-electron chi connectivity index (χ3n) is 5.43. The Morgan fingerprint density at radius 3 is 2.79 bits per heavy atom. The summed E-state index contributed by atoms with van der Waals surface area (Å²) in [6.45, 7) is 4.23. The Morgan fingerprint density at radius 1 is 1.21 bits per heavy atom. The van der Waals surface area contributed by atoms with Crippen molar-refractivity contribution in [2.45, 2.75) is 32.1 Å². The summed E-state index contributed by atoms with van der Waals surface area (Å²) in [5.41, 5.74) is 2.77. The van der Waals surface area contributed by atoms with Gasteiger partial charge in [-0.15, -0.1) is 0 Å². The molecule has 2 amide bonds. The van der Waals surface area contributed by atoms with Gasteiger partial charge in [-0.1, -0.05) is 18.2 Å². The molecule has 2 aromatic carbocycles. The van der Waals surface area contributed by atoms with Crippen LogP contribution in [-0.4, -0.2) is 32.6 Å². The minimum Gasteiger partial charge on any atom is -0.493 e. The molecule has 0 aromatic heterocycles. The van der Waals surface area contributed by atoms with Crippen LogP contribution in [0.5, 0.6) is 5.75 Å². The van der Waals surface area contributed by atoms with Crippen molar-refractivity contribution in [3.8, 4) is 5.75 Å². The van der Waals surface area contributed by atoms with Gasteiger partial charge in [0, 0.05) is 17.7 Å². The Bertz CT molecular complexity index is 1120. The van der Waals surface area contributed by atoms with Crippen LogP contribution in [0.15, 0.2) is 36.4 Å². The Kier molecular flexibility index (Phi) is 4.61. The maximum Gasteiger partial charge on any atom is 0.264 e. The smallest absolute Gasteiger partial charge is 0.264 e. The predicted molar refractivity (Wildman–Crippen MR) is 109 cm³/mol. The second kappa shape index (κ2) is 6.88. The number of fused-ring (bicyclic) bond motifs is 2. The van der Waals surface area contributed by atoms with Crippen LogP contribution in [0.1, 0.15) is 40.9 Å². The standard InChI is InChI=1S/C21H22N2O5S/c1-21(2)16-5-4-15(12-17(16)22-20(21)25)19(24)23-29(26,27)10-8-13-3-6-18-14(11-13)7-9-28-18/h3-6,11-12H,7-10H2,1-2H3,(H,22,25)(H,23,24). The zero-order valence-corrected chi connectivity index (χ0v) is 17.1. The minimum atomic E-state index is -3.81. The predicted octanol–water partition coefficient (Wildman–Crippen LogP) is 2.15. The summed E-state index contributed by atoms with van der Waals surface area (Å²) < 4.78 is 32.3. The molecule has 0 aliphatic carbocycles. The second-order valence-electron chi connectivity index (χ2n) is 7.88. The van der Waals surface area contributed by atoms with Gasteiger partial charge >= 0.3 is 0 Å². The molecular formula is C21H22N2O5S. The summed E-state index contributed by atoms with van der Waals surface area (Å²) in [5.74, 6) is -0.226. The molecule has 2 N–H and O–H groups in total. The van der Waals surface area contributed by atoms with Gasteiger partial charge in [0.05, 0.1) is 17.8 Å². The van der Waals surface area contributed by atoms with Crippen molar-refractivity contribution in [3.63, 3.8) is 0 Å². The highest BCUT2D eigenvalue weighted by atomic mass is 32.2. The molecule has 152 valence electrons. The number of aryl methyl sites for hydroxylation is 1. The first-order valence-corrected chi connectivity index (χ1v) is 11.1. The van der Waals surface area contributed by atoms with Gasteiger partial charge in [0.1, 0.15) is 5.75 Å². The van der Waals surface area contributed by atoms with Crippen LogP contribution >= 0.6 is 0 Å². The van der Waals surface area contributed by atoms with E-state index in [1.165, 1.54) is 12.1 Å². The van der Waals surface area contributed by atoms with Crippen molar-refractivity contribution in [3.05, 3.63) is 58.7 Å². The van der Waals surface area contributed by atoms with Gasteiger partial charge in [0.25, 0.3) is 5.91 Å². The zero-order valence-electron chi connectivity index (χ0n) is 16.2. The van der Waals surface area contributed by atoms with E-state index in [1.54, 1.807) is 19.9 Å². The van der Waals surface area contributed by atoms with Gasteiger partial charge in [-0.25, -0.2) is 13.1 Å². The van der Waals surface area contributed by atoms with Gasteiger partial charge in [-0.3, -0.25) is 9.59 Å². The van der Waals surface area contributed by atoms with E-state index >= 15 is 0 Å². The summed E-state index contributed by atoms with van der Waals surface area (Å²) >= 11 is 0. The molecule has 7 nitrogen and oxygen atoms in total. The van der Waals surface area contributed by atoms with Gasteiger partial charge < -0.3 is 10.1 Å². The van der Waals surface area contributed by atoms with Gasteiger partial charge in [0.2, 0.25) is 15.9 Å². The highest BCUT2D eigenvalue weighted by Gasteiger charge is 2.38. The third kappa shape index (κ3) is 3.72. The van der Waals surface area contributed by atoms with E-state index in [9.17, 15) is 18.0 Å². The van der Waals surface area contributed by atoms with Crippen LogP contribution in [0.2, 0.25) is 0 Å². The molecule has 0 spiro atoms. The van der Waals surface area contributed by atoms with Gasteiger partial charge in [-0.2, -0.15) is 0 Å². The van der Waals surface area contributed by atoms with Crippen molar-refractivity contribution in [2.75, 3.05) is 17.7 Å². The van der Waals surface area contributed by atoms with Crippen molar-refractivity contribution < 1.29 is 22.7 Å². The van der Waals surface area contributed by atoms with Crippen molar-refractivity contribution in [2.24, 2.45) is 0 Å². The van der Waals surface area contributed by atoms with E-state index in [-0.39, 0.29) is 17.2 Å². The summed E-state index contributed by atoms with van der Waals surface area (Å²) in [7, 11) is -3.81. The van der Waals surface area contributed by atoms with E-state index in [0.29, 0.717) is 18.7 Å². The Morgan fingerprint density at radius 2 is 2.00 bits per heavy atom. The zero-order chi connectivity index (χ0) is 20.8. The highest BCUT2D eigenvalue weighted by molar-refractivity contribution is 7.90. The molecule has 0 radical (unpaired) electrons. The van der Waals surface area contributed by atoms with E-state index in [4.69, 9.17) is 4.74 Å². The van der Waals surface area contributed by atoms with Crippen LogP contribution in [0.3, 0.4) is 0 Å². The maximum atomic E-state index is 12.4. The Hall–Kier alpha value is -2.87. The number of amides is 2. The molecular weight excluding hydrogens is 392 g/mol. The molecule has 0 bridgehead atoms. The third-order valence-corrected chi connectivity index (χ3v) is 6.67. The van der Waals surface area contributed by atoms with E-state index in [0.717, 1.165) is 28.9 Å². The summed E-state index contributed by atoms with van der Waals surface area (Å²) in [4.78, 5) is 24.5. The lowest BCUT2D eigenvalue weighted by Crippen LogP contribution is -2.33. The Labute approximate surface area is 169 Å². The van der Waals surface area contributed by atoms with Crippen molar-refractivity contribution in [1.29, 1.82) is 0 Å². The number of carbonyl (C=O) groups is 2. The summed E-state index contributed by atoms with van der Waals surface area (Å²) in [6, 6.07) is 10.4. The highest BCUT2D eigenvalue weighted by Crippen LogP contribution is 2.37.